The molecule has 1 aromatic carbocycles. The number of nitrogens with one attached hydrogen (secondary N) is 1. The van der Waals surface area contributed by atoms with Gasteiger partial charge in [0.05, 0.1) is 16.2 Å². The molecule has 6 nitrogen and oxygen atoms in total. The fraction of sp³-hybridized carbons (Fsp3) is 0.312. The molecule has 1 aromatic heterocycles. The number of hydrogen-bond acceptors (Lipinski definition) is 5. The smallest absolute Gasteiger partial charge is 0.341 e. The summed E-state index contributed by atoms with van der Waals surface area (Å²) in [6.45, 7) is 5.49. The Morgan fingerprint density at radius 3 is 2.67 bits per heavy atom. The third-order valence-corrected chi connectivity index (χ3v) is 4.15. The summed E-state index contributed by atoms with van der Waals surface area (Å²) in [6, 6.07) is 4.62. The van der Waals surface area contributed by atoms with Crippen molar-refractivity contribution in [2.75, 3.05) is 11.9 Å². The van der Waals surface area contributed by atoms with Crippen molar-refractivity contribution in [2.45, 2.75) is 26.2 Å². The predicted octanol–water partition coefficient (Wildman–Crippen LogP) is 3.81. The van der Waals surface area contributed by atoms with Crippen LogP contribution in [0.15, 0.2) is 23.7 Å². The lowest BCUT2D eigenvalue weighted by molar-refractivity contribution is -0.139. The second kappa shape index (κ2) is 7.19. The van der Waals surface area contributed by atoms with E-state index in [0.717, 1.165) is 5.69 Å². The summed E-state index contributed by atoms with van der Waals surface area (Å²) in [5.41, 5.74) is 2.63. The van der Waals surface area contributed by atoms with E-state index in [-0.39, 0.29) is 22.1 Å². The zero-order valence-corrected chi connectivity index (χ0v) is 15.0. The van der Waals surface area contributed by atoms with Crippen molar-refractivity contribution in [3.8, 4) is 5.75 Å². The molecule has 0 aliphatic rings. The van der Waals surface area contributed by atoms with Crippen molar-refractivity contribution in [3.63, 3.8) is 0 Å². The van der Waals surface area contributed by atoms with E-state index in [2.05, 4.69) is 10.3 Å². The topological polar surface area (TPSA) is 88.5 Å². The lowest BCUT2D eigenvalue weighted by Crippen LogP contribution is -2.19. The van der Waals surface area contributed by atoms with Gasteiger partial charge in [-0.25, -0.2) is 9.78 Å². The summed E-state index contributed by atoms with van der Waals surface area (Å²) in [7, 11) is 0. The minimum Gasteiger partial charge on any atom is -0.480 e. The van der Waals surface area contributed by atoms with E-state index in [1.54, 1.807) is 11.6 Å². The highest BCUT2D eigenvalue weighted by Crippen LogP contribution is 2.30. The molecular weight excluding hydrogens is 352 g/mol. The van der Waals surface area contributed by atoms with Crippen molar-refractivity contribution >= 4 is 40.5 Å². The lowest BCUT2D eigenvalue weighted by Gasteiger charge is -2.17. The minimum atomic E-state index is -1.09. The molecule has 0 unspecified atom stereocenters. The molecule has 0 fully saturated rings. The first-order valence-electron chi connectivity index (χ1n) is 7.08. The normalized spacial score (nSPS) is 11.2. The Balaban J connectivity index is 2.14. The Labute approximate surface area is 148 Å². The summed E-state index contributed by atoms with van der Waals surface area (Å²) >= 11 is 7.32. The van der Waals surface area contributed by atoms with E-state index in [1.807, 2.05) is 20.8 Å². The van der Waals surface area contributed by atoms with Gasteiger partial charge in [-0.05, 0) is 18.2 Å². The van der Waals surface area contributed by atoms with Gasteiger partial charge in [0.2, 0.25) is 0 Å². The quantitative estimate of drug-likeness (QED) is 0.837. The third kappa shape index (κ3) is 4.46. The lowest BCUT2D eigenvalue weighted by atomic mass is 9.91. The van der Waals surface area contributed by atoms with Crippen LogP contribution >= 0.6 is 22.9 Å². The first kappa shape index (κ1) is 18.2. The Hall–Kier alpha value is -2.12. The van der Waals surface area contributed by atoms with Gasteiger partial charge in [0.15, 0.2) is 6.61 Å². The number of aromatic nitrogens is 1. The highest BCUT2D eigenvalue weighted by atomic mass is 35.5. The van der Waals surface area contributed by atoms with Gasteiger partial charge in [0.1, 0.15) is 10.6 Å². The van der Waals surface area contributed by atoms with E-state index < -0.39 is 12.6 Å². The average Bonchev–Trinajstić information content (AvgIpc) is 2.95. The molecule has 0 bridgehead atoms. The second-order valence-corrected chi connectivity index (χ2v) is 7.32. The minimum absolute atomic E-state index is 0.217. The summed E-state index contributed by atoms with van der Waals surface area (Å²) in [6.07, 6.45) is 0. The predicted molar refractivity (Wildman–Crippen MR) is 93.4 cm³/mol. The summed E-state index contributed by atoms with van der Waals surface area (Å²) < 4.78 is 5.04. The van der Waals surface area contributed by atoms with Crippen molar-refractivity contribution in [1.29, 1.82) is 0 Å². The van der Waals surface area contributed by atoms with Crippen molar-refractivity contribution < 1.29 is 19.4 Å². The van der Waals surface area contributed by atoms with Gasteiger partial charge < -0.3 is 15.2 Å². The number of halogens is 1. The fourth-order valence-electron chi connectivity index (χ4n) is 1.96. The Morgan fingerprint density at radius 2 is 2.08 bits per heavy atom. The average molecular weight is 369 g/mol. The molecule has 8 heteroatoms. The van der Waals surface area contributed by atoms with Crippen LogP contribution in [0.4, 0.5) is 5.69 Å². The van der Waals surface area contributed by atoms with Gasteiger partial charge in [-0.3, -0.25) is 4.79 Å². The second-order valence-electron chi connectivity index (χ2n) is 6.06. The molecule has 2 rings (SSSR count). The number of carboxylic acids is 1. The number of rotatable bonds is 5. The zero-order valence-electron chi connectivity index (χ0n) is 13.4. The fourth-order valence-corrected chi connectivity index (χ4v) is 3.09. The first-order chi connectivity index (χ1) is 11.2. The Kier molecular flexibility index (Phi) is 5.46. The maximum atomic E-state index is 12.5. The SMILES string of the molecule is CC(C)(C)c1ncsc1C(=O)Nc1ccc(OCC(=O)O)c(Cl)c1. The Bertz CT molecular complexity index is 768. The standard InChI is InChI=1S/C16H17ClN2O4S/c1-16(2,3)14-13(24-8-18-14)15(22)19-9-4-5-11(10(17)6-9)23-7-12(20)21/h4-6,8H,7H2,1-3H3,(H,19,22)(H,20,21). The van der Waals surface area contributed by atoms with Gasteiger partial charge >= 0.3 is 5.97 Å². The molecule has 2 aromatic rings. The molecule has 0 spiro atoms. The number of anilines is 1. The van der Waals surface area contributed by atoms with Crippen LogP contribution in [0.1, 0.15) is 36.1 Å². The number of carbonyl (C=O) groups is 2. The molecule has 1 amide bonds. The summed E-state index contributed by atoms with van der Waals surface area (Å²) in [4.78, 5) is 27.8. The van der Waals surface area contributed by atoms with Crippen LogP contribution in [0, 0.1) is 0 Å². The van der Waals surface area contributed by atoms with Gasteiger partial charge in [0, 0.05) is 11.1 Å². The van der Waals surface area contributed by atoms with Crippen molar-refractivity contribution in [3.05, 3.63) is 39.3 Å². The van der Waals surface area contributed by atoms with E-state index in [4.69, 9.17) is 21.4 Å². The van der Waals surface area contributed by atoms with Crippen LogP contribution in [0.25, 0.3) is 0 Å². The number of thiazole rings is 1. The first-order valence-corrected chi connectivity index (χ1v) is 8.33. The van der Waals surface area contributed by atoms with Crippen LogP contribution in [-0.4, -0.2) is 28.6 Å². The van der Waals surface area contributed by atoms with Gasteiger partial charge in [-0.2, -0.15) is 0 Å². The number of nitrogens with zero attached hydrogens (tertiary/aromatic N) is 1. The number of carbonyl (C=O) groups excluding carboxylic acids is 1. The number of aliphatic carboxylic acids is 1. The molecule has 1 heterocycles. The van der Waals surface area contributed by atoms with E-state index >= 15 is 0 Å². The molecule has 2 N–H and O–H groups in total. The van der Waals surface area contributed by atoms with E-state index in [1.165, 1.54) is 23.5 Å². The largest absolute Gasteiger partial charge is 0.480 e. The molecular formula is C16H17ClN2O4S. The highest BCUT2D eigenvalue weighted by molar-refractivity contribution is 7.12. The number of amides is 1. The van der Waals surface area contributed by atoms with Crippen molar-refractivity contribution in [2.24, 2.45) is 0 Å². The van der Waals surface area contributed by atoms with Crippen LogP contribution in [-0.2, 0) is 10.2 Å². The number of carboxylic acid groups (broad SMARTS) is 1. The molecule has 0 radical (unpaired) electrons. The highest BCUT2D eigenvalue weighted by Gasteiger charge is 2.25. The van der Waals surface area contributed by atoms with Gasteiger partial charge in [-0.1, -0.05) is 32.4 Å². The summed E-state index contributed by atoms with van der Waals surface area (Å²) in [5, 5.41) is 11.6. The number of benzene rings is 1. The molecule has 0 saturated carbocycles. The molecule has 0 aliphatic heterocycles. The molecule has 0 saturated heterocycles. The zero-order chi connectivity index (χ0) is 17.9. The van der Waals surface area contributed by atoms with Crippen LogP contribution in [0.5, 0.6) is 5.75 Å². The van der Waals surface area contributed by atoms with Crippen LogP contribution in [0.3, 0.4) is 0 Å². The maximum Gasteiger partial charge on any atom is 0.341 e. The van der Waals surface area contributed by atoms with Crippen molar-refractivity contribution in [1.82, 2.24) is 4.98 Å². The molecule has 0 aliphatic carbocycles. The molecule has 24 heavy (non-hydrogen) atoms. The van der Waals surface area contributed by atoms with Crippen LogP contribution < -0.4 is 10.1 Å². The number of hydrogen-bond donors (Lipinski definition) is 2. The number of ether oxygens (including phenoxy) is 1. The summed E-state index contributed by atoms with van der Waals surface area (Å²) in [5.74, 6) is -1.12. The molecule has 0 atom stereocenters. The van der Waals surface area contributed by atoms with E-state index in [0.29, 0.717) is 10.6 Å². The Morgan fingerprint density at radius 1 is 1.38 bits per heavy atom. The molecule has 128 valence electrons. The maximum absolute atomic E-state index is 12.5. The van der Waals surface area contributed by atoms with Gasteiger partial charge in [0.25, 0.3) is 5.91 Å². The van der Waals surface area contributed by atoms with Crippen LogP contribution in [0.2, 0.25) is 5.02 Å². The van der Waals surface area contributed by atoms with E-state index in [9.17, 15) is 9.59 Å². The monoisotopic (exact) mass is 368 g/mol. The third-order valence-electron chi connectivity index (χ3n) is 3.02. The van der Waals surface area contributed by atoms with Gasteiger partial charge in [-0.15, -0.1) is 11.3 Å².